The average molecular weight is 457 g/mol. The molecule has 29 heavy (non-hydrogen) atoms. The van der Waals surface area contributed by atoms with E-state index in [-0.39, 0.29) is 29.2 Å². The summed E-state index contributed by atoms with van der Waals surface area (Å²) in [6.45, 7) is 1.51. The number of benzene rings is 2. The van der Waals surface area contributed by atoms with Gasteiger partial charge in [-0.1, -0.05) is 34.1 Å². The fourth-order valence-electron chi connectivity index (χ4n) is 4.77. The summed E-state index contributed by atoms with van der Waals surface area (Å²) in [5.74, 6) is -1.15. The number of amides is 2. The molecule has 3 aliphatic heterocycles. The SMILES string of the molecule is O=C1[C@@H]2[C@H](C(=O)N1c1cccc([N+](=O)[O-])c1)N1CCCN1[C@H]2c1ccc(Br)cc1. The molecule has 3 saturated heterocycles. The molecular formula is C20H17BrN4O4. The first-order valence-electron chi connectivity index (χ1n) is 9.38. The monoisotopic (exact) mass is 456 g/mol. The maximum Gasteiger partial charge on any atom is 0.271 e. The molecule has 3 aliphatic rings. The van der Waals surface area contributed by atoms with Gasteiger partial charge in [0.25, 0.3) is 11.6 Å². The van der Waals surface area contributed by atoms with E-state index >= 15 is 0 Å². The van der Waals surface area contributed by atoms with Crippen LogP contribution in [0.5, 0.6) is 0 Å². The first-order chi connectivity index (χ1) is 14.0. The van der Waals surface area contributed by atoms with Crippen molar-refractivity contribution < 1.29 is 14.5 Å². The van der Waals surface area contributed by atoms with Gasteiger partial charge in [0, 0.05) is 29.7 Å². The van der Waals surface area contributed by atoms with Crippen LogP contribution in [0.15, 0.2) is 53.0 Å². The smallest absolute Gasteiger partial charge is 0.271 e. The van der Waals surface area contributed by atoms with Crippen molar-refractivity contribution in [2.45, 2.75) is 18.5 Å². The highest BCUT2D eigenvalue weighted by molar-refractivity contribution is 9.10. The normalized spacial score (nSPS) is 26.8. The third kappa shape index (κ3) is 2.72. The van der Waals surface area contributed by atoms with Crippen LogP contribution in [-0.4, -0.2) is 45.9 Å². The van der Waals surface area contributed by atoms with E-state index in [4.69, 9.17) is 0 Å². The molecule has 0 unspecified atom stereocenters. The zero-order chi connectivity index (χ0) is 20.3. The lowest BCUT2D eigenvalue weighted by Gasteiger charge is -2.29. The van der Waals surface area contributed by atoms with E-state index in [1.807, 2.05) is 29.3 Å². The molecule has 2 aromatic carbocycles. The molecule has 0 spiro atoms. The molecule has 0 saturated carbocycles. The molecule has 9 heteroatoms. The Bertz CT molecular complexity index is 1030. The van der Waals surface area contributed by atoms with E-state index in [0.717, 1.165) is 34.4 Å². The van der Waals surface area contributed by atoms with Crippen LogP contribution in [0.3, 0.4) is 0 Å². The van der Waals surface area contributed by atoms with Crippen molar-refractivity contribution in [1.29, 1.82) is 0 Å². The van der Waals surface area contributed by atoms with Crippen LogP contribution in [0.1, 0.15) is 18.0 Å². The summed E-state index contributed by atoms with van der Waals surface area (Å²) < 4.78 is 0.945. The molecule has 3 fully saturated rings. The summed E-state index contributed by atoms with van der Waals surface area (Å²) in [6.07, 6.45) is 0.925. The Labute approximate surface area is 174 Å². The summed E-state index contributed by atoms with van der Waals surface area (Å²) in [7, 11) is 0. The summed E-state index contributed by atoms with van der Waals surface area (Å²) in [5.41, 5.74) is 1.09. The fraction of sp³-hybridized carbons (Fsp3) is 0.300. The van der Waals surface area contributed by atoms with E-state index in [1.165, 1.54) is 18.2 Å². The maximum atomic E-state index is 13.4. The average Bonchev–Trinajstić information content (AvgIpc) is 3.35. The van der Waals surface area contributed by atoms with Crippen LogP contribution >= 0.6 is 15.9 Å². The Balaban J connectivity index is 1.57. The molecule has 2 amide bonds. The standard InChI is InChI=1S/C20H17BrN4O4/c21-13-7-5-12(6-8-13)17-16-18(23-10-2-9-22(17)23)20(27)24(19(16)26)14-3-1-4-15(11-14)25(28)29/h1,3-8,11,16-18H,2,9-10H2/t16-,17-,18+/m0/s1. The highest BCUT2D eigenvalue weighted by Crippen LogP contribution is 2.49. The summed E-state index contributed by atoms with van der Waals surface area (Å²) in [5, 5.41) is 15.3. The van der Waals surface area contributed by atoms with E-state index in [2.05, 4.69) is 20.9 Å². The van der Waals surface area contributed by atoms with Crippen LogP contribution in [0.4, 0.5) is 11.4 Å². The molecule has 8 nitrogen and oxygen atoms in total. The van der Waals surface area contributed by atoms with Crippen LogP contribution in [0, 0.1) is 16.0 Å². The number of hydrogen-bond donors (Lipinski definition) is 0. The number of non-ortho nitro benzene ring substituents is 1. The van der Waals surface area contributed by atoms with Crippen LogP contribution < -0.4 is 4.90 Å². The van der Waals surface area contributed by atoms with Crippen molar-refractivity contribution >= 4 is 39.1 Å². The van der Waals surface area contributed by atoms with Gasteiger partial charge >= 0.3 is 0 Å². The number of hydrogen-bond acceptors (Lipinski definition) is 6. The summed E-state index contributed by atoms with van der Waals surface area (Å²) in [4.78, 5) is 38.5. The number of nitro benzene ring substituents is 1. The minimum Gasteiger partial charge on any atom is -0.274 e. The Morgan fingerprint density at radius 2 is 1.66 bits per heavy atom. The number of fused-ring (bicyclic) bond motifs is 3. The van der Waals surface area contributed by atoms with Crippen LogP contribution in [0.2, 0.25) is 0 Å². The summed E-state index contributed by atoms with van der Waals surface area (Å²) >= 11 is 3.44. The molecule has 5 rings (SSSR count). The first kappa shape index (κ1) is 18.4. The Morgan fingerprint density at radius 1 is 0.966 bits per heavy atom. The van der Waals surface area contributed by atoms with Gasteiger partial charge in [-0.15, -0.1) is 0 Å². The second kappa shape index (κ2) is 6.72. The molecule has 0 aromatic heterocycles. The number of halogens is 1. The lowest BCUT2D eigenvalue weighted by atomic mass is 9.90. The Hall–Kier alpha value is -2.62. The van der Waals surface area contributed by atoms with E-state index < -0.39 is 16.9 Å². The van der Waals surface area contributed by atoms with Crippen molar-refractivity contribution in [3.8, 4) is 0 Å². The number of rotatable bonds is 3. The molecule has 0 radical (unpaired) electrons. The van der Waals surface area contributed by atoms with Gasteiger partial charge < -0.3 is 0 Å². The highest BCUT2D eigenvalue weighted by Gasteiger charge is 2.62. The minimum absolute atomic E-state index is 0.146. The van der Waals surface area contributed by atoms with Gasteiger partial charge in [0.05, 0.1) is 22.6 Å². The number of imide groups is 1. The topological polar surface area (TPSA) is 87.0 Å². The van der Waals surface area contributed by atoms with Crippen molar-refractivity contribution in [2.24, 2.45) is 5.92 Å². The number of anilines is 1. The molecule has 0 aliphatic carbocycles. The molecule has 0 bridgehead atoms. The predicted molar refractivity (Wildman–Crippen MR) is 108 cm³/mol. The van der Waals surface area contributed by atoms with Gasteiger partial charge in [-0.2, -0.15) is 0 Å². The largest absolute Gasteiger partial charge is 0.274 e. The van der Waals surface area contributed by atoms with E-state index in [0.29, 0.717) is 0 Å². The number of carbonyl (C=O) groups excluding carboxylic acids is 2. The molecule has 3 atom stereocenters. The molecular weight excluding hydrogens is 440 g/mol. The van der Waals surface area contributed by atoms with Gasteiger partial charge in [-0.05, 0) is 30.2 Å². The fourth-order valence-corrected chi connectivity index (χ4v) is 5.04. The quantitative estimate of drug-likeness (QED) is 0.400. The van der Waals surface area contributed by atoms with Gasteiger partial charge in [0.15, 0.2) is 0 Å². The lowest BCUT2D eigenvalue weighted by Crippen LogP contribution is -2.44. The molecule has 3 heterocycles. The Kier molecular flexibility index (Phi) is 4.27. The van der Waals surface area contributed by atoms with Crippen molar-refractivity contribution in [3.63, 3.8) is 0 Å². The Morgan fingerprint density at radius 3 is 2.34 bits per heavy atom. The minimum atomic E-state index is -0.571. The molecule has 0 N–H and O–H groups in total. The van der Waals surface area contributed by atoms with Crippen molar-refractivity contribution in [2.75, 3.05) is 18.0 Å². The van der Waals surface area contributed by atoms with Gasteiger partial charge in [0.1, 0.15) is 6.04 Å². The molecule has 148 valence electrons. The van der Waals surface area contributed by atoms with Gasteiger partial charge in [-0.3, -0.25) is 19.7 Å². The zero-order valence-electron chi connectivity index (χ0n) is 15.3. The third-order valence-corrected chi connectivity index (χ3v) is 6.44. The number of nitrogens with zero attached hydrogens (tertiary/aromatic N) is 4. The second-order valence-electron chi connectivity index (χ2n) is 7.44. The number of hydrazine groups is 1. The lowest BCUT2D eigenvalue weighted by molar-refractivity contribution is -0.384. The van der Waals surface area contributed by atoms with Crippen molar-refractivity contribution in [3.05, 3.63) is 68.7 Å². The van der Waals surface area contributed by atoms with Crippen LogP contribution in [0.25, 0.3) is 0 Å². The van der Waals surface area contributed by atoms with Gasteiger partial charge in [0.2, 0.25) is 5.91 Å². The first-order valence-corrected chi connectivity index (χ1v) is 10.2. The number of nitro groups is 1. The van der Waals surface area contributed by atoms with Crippen LogP contribution in [-0.2, 0) is 9.59 Å². The summed E-state index contributed by atoms with van der Waals surface area (Å²) in [6, 6.07) is 12.7. The zero-order valence-corrected chi connectivity index (χ0v) is 16.9. The van der Waals surface area contributed by atoms with Crippen molar-refractivity contribution in [1.82, 2.24) is 10.0 Å². The van der Waals surface area contributed by atoms with Gasteiger partial charge in [-0.25, -0.2) is 14.9 Å². The van der Waals surface area contributed by atoms with E-state index in [9.17, 15) is 19.7 Å². The van der Waals surface area contributed by atoms with E-state index in [1.54, 1.807) is 6.07 Å². The highest BCUT2D eigenvalue weighted by atomic mass is 79.9. The molecule has 2 aromatic rings. The second-order valence-corrected chi connectivity index (χ2v) is 8.35. The number of carbonyl (C=O) groups is 2. The maximum absolute atomic E-state index is 13.4. The predicted octanol–water partition coefficient (Wildman–Crippen LogP) is 2.89. The third-order valence-electron chi connectivity index (χ3n) is 5.92.